The van der Waals surface area contributed by atoms with Crippen molar-refractivity contribution in [1.82, 2.24) is 0 Å². The van der Waals surface area contributed by atoms with E-state index in [1.54, 1.807) is 36.4 Å². The molecule has 0 saturated carbocycles. The summed E-state index contributed by atoms with van der Waals surface area (Å²) in [6, 6.07) is 14.2. The van der Waals surface area contributed by atoms with Crippen molar-refractivity contribution in [2.24, 2.45) is 0 Å². The van der Waals surface area contributed by atoms with Gasteiger partial charge in [0, 0.05) is 17.7 Å². The monoisotopic (exact) mass is 383 g/mol. The van der Waals surface area contributed by atoms with Gasteiger partial charge in [0.2, 0.25) is 0 Å². The van der Waals surface area contributed by atoms with E-state index in [2.05, 4.69) is 5.32 Å². The molecule has 0 fully saturated rings. The van der Waals surface area contributed by atoms with Gasteiger partial charge in [-0.2, -0.15) is 0 Å². The zero-order chi connectivity index (χ0) is 20.4. The number of amides is 1. The normalized spacial score (nSPS) is 10.2. The lowest BCUT2D eigenvalue weighted by atomic mass is 10.1. The summed E-state index contributed by atoms with van der Waals surface area (Å²) >= 11 is 0. The average Bonchev–Trinajstić information content (AvgIpc) is 2.72. The van der Waals surface area contributed by atoms with Crippen LogP contribution in [-0.2, 0) is 20.7 Å². The third kappa shape index (κ3) is 6.87. The molecular formula is C22H25NO5. The molecule has 148 valence electrons. The molecule has 1 N–H and O–H groups in total. The number of benzene rings is 2. The summed E-state index contributed by atoms with van der Waals surface area (Å²) < 4.78 is 10.3. The van der Waals surface area contributed by atoms with E-state index in [1.807, 2.05) is 26.0 Å². The first-order valence-electron chi connectivity index (χ1n) is 9.32. The minimum absolute atomic E-state index is 0.0207. The van der Waals surface area contributed by atoms with E-state index < -0.39 is 11.9 Å². The van der Waals surface area contributed by atoms with Crippen molar-refractivity contribution in [2.75, 3.05) is 18.5 Å². The molecule has 0 bridgehead atoms. The van der Waals surface area contributed by atoms with Crippen molar-refractivity contribution in [1.29, 1.82) is 0 Å². The van der Waals surface area contributed by atoms with Crippen LogP contribution in [0.4, 0.5) is 5.69 Å². The van der Waals surface area contributed by atoms with Crippen LogP contribution in [-0.4, -0.2) is 30.9 Å². The number of aryl methyl sites for hydroxylation is 1. The molecule has 28 heavy (non-hydrogen) atoms. The molecule has 0 unspecified atom stereocenters. The molecule has 0 aromatic heterocycles. The molecule has 0 aliphatic rings. The number of ketones is 1. The first-order chi connectivity index (χ1) is 13.5. The van der Waals surface area contributed by atoms with Crippen LogP contribution in [0.1, 0.15) is 42.6 Å². The zero-order valence-electron chi connectivity index (χ0n) is 16.2. The number of hydrogen-bond donors (Lipinski definition) is 1. The van der Waals surface area contributed by atoms with Crippen LogP contribution >= 0.6 is 0 Å². The van der Waals surface area contributed by atoms with Gasteiger partial charge in [0.1, 0.15) is 5.75 Å². The van der Waals surface area contributed by atoms with Crippen LogP contribution in [0.15, 0.2) is 48.5 Å². The number of Topliss-reactive ketones (excluding diaryl/α,β-unsaturated/α-hetero) is 1. The zero-order valence-corrected chi connectivity index (χ0v) is 16.2. The number of rotatable bonds is 10. The van der Waals surface area contributed by atoms with Crippen LogP contribution in [0, 0.1) is 0 Å². The maximum absolute atomic E-state index is 12.1. The Morgan fingerprint density at radius 1 is 0.893 bits per heavy atom. The van der Waals surface area contributed by atoms with Crippen LogP contribution in [0.2, 0.25) is 0 Å². The summed E-state index contributed by atoms with van der Waals surface area (Å²) in [5.41, 5.74) is 2.31. The van der Waals surface area contributed by atoms with E-state index in [-0.39, 0.29) is 25.2 Å². The van der Waals surface area contributed by atoms with Crippen molar-refractivity contribution in [3.63, 3.8) is 0 Å². The standard InChI is InChI=1S/C22H25NO5/c1-3-16-5-9-18(10-6-16)23-21(25)15-28-22(26)14-13-20(24)17-7-11-19(12-8-17)27-4-2/h5-12H,3-4,13-15H2,1-2H3,(H,23,25). The number of nitrogens with one attached hydrogen (secondary N) is 1. The number of anilines is 1. The molecule has 0 heterocycles. The minimum atomic E-state index is -0.587. The number of hydrogen-bond acceptors (Lipinski definition) is 5. The fraction of sp³-hybridized carbons (Fsp3) is 0.318. The van der Waals surface area contributed by atoms with Crippen LogP contribution < -0.4 is 10.1 Å². The smallest absolute Gasteiger partial charge is 0.306 e. The quantitative estimate of drug-likeness (QED) is 0.499. The highest BCUT2D eigenvalue weighted by Gasteiger charge is 2.12. The maximum atomic E-state index is 12.1. The fourth-order valence-electron chi connectivity index (χ4n) is 2.50. The average molecular weight is 383 g/mol. The van der Waals surface area contributed by atoms with E-state index >= 15 is 0 Å². The van der Waals surface area contributed by atoms with Gasteiger partial charge in [-0.15, -0.1) is 0 Å². The first kappa shape index (κ1) is 21.2. The number of ether oxygens (including phenoxy) is 2. The van der Waals surface area contributed by atoms with Gasteiger partial charge >= 0.3 is 5.97 Å². The Kier molecular flexibility index (Phi) is 8.21. The summed E-state index contributed by atoms with van der Waals surface area (Å²) in [4.78, 5) is 35.8. The highest BCUT2D eigenvalue weighted by molar-refractivity contribution is 5.98. The Hall–Kier alpha value is -3.15. The fourth-order valence-corrected chi connectivity index (χ4v) is 2.50. The van der Waals surface area contributed by atoms with Crippen molar-refractivity contribution in [3.8, 4) is 5.75 Å². The van der Waals surface area contributed by atoms with E-state index in [0.717, 1.165) is 6.42 Å². The van der Waals surface area contributed by atoms with Crippen LogP contribution in [0.25, 0.3) is 0 Å². The van der Waals surface area contributed by atoms with Crippen molar-refractivity contribution >= 4 is 23.3 Å². The molecular weight excluding hydrogens is 358 g/mol. The molecule has 0 radical (unpaired) electrons. The molecule has 2 rings (SSSR count). The van der Waals surface area contributed by atoms with E-state index in [1.165, 1.54) is 5.56 Å². The Labute approximate surface area is 164 Å². The summed E-state index contributed by atoms with van der Waals surface area (Å²) in [5.74, 6) is -0.486. The Morgan fingerprint density at radius 2 is 1.57 bits per heavy atom. The second-order valence-corrected chi connectivity index (χ2v) is 6.14. The maximum Gasteiger partial charge on any atom is 0.306 e. The SMILES string of the molecule is CCOc1ccc(C(=O)CCC(=O)OCC(=O)Nc2ccc(CC)cc2)cc1. The van der Waals surface area contributed by atoms with Gasteiger partial charge in [0.25, 0.3) is 5.91 Å². The highest BCUT2D eigenvalue weighted by Crippen LogP contribution is 2.14. The van der Waals surface area contributed by atoms with Crippen LogP contribution in [0.3, 0.4) is 0 Å². The van der Waals surface area contributed by atoms with Gasteiger partial charge in [-0.3, -0.25) is 14.4 Å². The number of esters is 1. The van der Waals surface area contributed by atoms with Gasteiger partial charge in [-0.25, -0.2) is 0 Å². The Morgan fingerprint density at radius 3 is 2.18 bits per heavy atom. The van der Waals surface area contributed by atoms with Gasteiger partial charge < -0.3 is 14.8 Å². The molecule has 0 spiro atoms. The van der Waals surface area contributed by atoms with Crippen LogP contribution in [0.5, 0.6) is 5.75 Å². The topological polar surface area (TPSA) is 81.7 Å². The highest BCUT2D eigenvalue weighted by atomic mass is 16.5. The summed E-state index contributed by atoms with van der Waals surface area (Å²) in [6.07, 6.45) is 0.860. The summed E-state index contributed by atoms with van der Waals surface area (Å²) in [5, 5.41) is 2.66. The van der Waals surface area contributed by atoms with Gasteiger partial charge in [-0.1, -0.05) is 19.1 Å². The predicted molar refractivity (Wildman–Crippen MR) is 107 cm³/mol. The molecule has 0 aliphatic heterocycles. The largest absolute Gasteiger partial charge is 0.494 e. The van der Waals surface area contributed by atoms with Crippen molar-refractivity contribution < 1.29 is 23.9 Å². The molecule has 0 aliphatic carbocycles. The van der Waals surface area contributed by atoms with E-state index in [9.17, 15) is 14.4 Å². The molecule has 2 aromatic rings. The summed E-state index contributed by atoms with van der Waals surface area (Å²) in [7, 11) is 0. The molecule has 0 atom stereocenters. The first-order valence-corrected chi connectivity index (χ1v) is 9.32. The molecule has 1 amide bonds. The van der Waals surface area contributed by atoms with E-state index in [0.29, 0.717) is 23.6 Å². The van der Waals surface area contributed by atoms with Gasteiger partial charge in [-0.05, 0) is 55.3 Å². The second kappa shape index (κ2) is 10.9. The van der Waals surface area contributed by atoms with Crippen molar-refractivity contribution in [3.05, 3.63) is 59.7 Å². The molecule has 2 aromatic carbocycles. The molecule has 6 nitrogen and oxygen atoms in total. The predicted octanol–water partition coefficient (Wildman–Crippen LogP) is 3.79. The van der Waals surface area contributed by atoms with E-state index in [4.69, 9.17) is 9.47 Å². The second-order valence-electron chi connectivity index (χ2n) is 6.14. The third-order valence-electron chi connectivity index (χ3n) is 4.05. The lowest BCUT2D eigenvalue weighted by molar-refractivity contribution is -0.147. The lowest BCUT2D eigenvalue weighted by Crippen LogP contribution is -2.21. The van der Waals surface area contributed by atoms with Gasteiger partial charge in [0.15, 0.2) is 12.4 Å². The third-order valence-corrected chi connectivity index (χ3v) is 4.05. The van der Waals surface area contributed by atoms with Crippen molar-refractivity contribution in [2.45, 2.75) is 33.1 Å². The Bertz CT molecular complexity index is 797. The number of carbonyl (C=O) groups is 3. The van der Waals surface area contributed by atoms with Gasteiger partial charge in [0.05, 0.1) is 13.0 Å². The molecule has 0 saturated heterocycles. The number of carbonyl (C=O) groups excluding carboxylic acids is 3. The lowest BCUT2D eigenvalue weighted by Gasteiger charge is -2.07. The Balaban J connectivity index is 1.71. The minimum Gasteiger partial charge on any atom is -0.494 e. The summed E-state index contributed by atoms with van der Waals surface area (Å²) in [6.45, 7) is 4.10. The molecule has 6 heteroatoms.